The van der Waals surface area contributed by atoms with Gasteiger partial charge in [0.15, 0.2) is 12.4 Å². The summed E-state index contributed by atoms with van der Waals surface area (Å²) in [6.07, 6.45) is 3.57. The SMILES string of the molecule is CCc1nn(-c2cccc(Cl)c2)c([O-])c1C1=C([n+]2ccccc2)C(=O)N(c2ccc(F)cc2)C1=O. The minimum Gasteiger partial charge on any atom is -0.858 e. The monoisotopic (exact) mass is 488 g/mol. The van der Waals surface area contributed by atoms with Crippen LogP contribution in [0.25, 0.3) is 17.0 Å². The van der Waals surface area contributed by atoms with Crippen LogP contribution in [-0.2, 0) is 16.0 Å². The Morgan fingerprint density at radius 2 is 1.69 bits per heavy atom. The van der Waals surface area contributed by atoms with Crippen molar-refractivity contribution in [3.05, 3.63) is 101 Å². The second kappa shape index (κ2) is 8.81. The largest absolute Gasteiger partial charge is 0.858 e. The highest BCUT2D eigenvalue weighted by atomic mass is 35.5. The lowest BCUT2D eigenvalue weighted by Crippen LogP contribution is -2.39. The molecule has 1 aliphatic heterocycles. The summed E-state index contributed by atoms with van der Waals surface area (Å²) in [5, 5.41) is 18.5. The van der Waals surface area contributed by atoms with E-state index in [1.165, 1.54) is 21.4 Å². The number of hydrogen-bond acceptors (Lipinski definition) is 4. The number of rotatable bonds is 5. The Morgan fingerprint density at radius 1 is 0.971 bits per heavy atom. The summed E-state index contributed by atoms with van der Waals surface area (Å²) in [5.41, 5.74) is 0.981. The molecule has 174 valence electrons. The van der Waals surface area contributed by atoms with E-state index in [1.807, 2.05) is 6.92 Å². The fourth-order valence-electron chi connectivity index (χ4n) is 4.08. The maximum absolute atomic E-state index is 13.7. The number of amides is 2. The highest BCUT2D eigenvalue weighted by Gasteiger charge is 2.47. The normalized spacial score (nSPS) is 13.7. The van der Waals surface area contributed by atoms with Gasteiger partial charge in [0.05, 0.1) is 17.1 Å². The van der Waals surface area contributed by atoms with E-state index in [4.69, 9.17) is 11.6 Å². The van der Waals surface area contributed by atoms with Gasteiger partial charge >= 0.3 is 5.91 Å². The van der Waals surface area contributed by atoms with Gasteiger partial charge in [0, 0.05) is 22.7 Å². The van der Waals surface area contributed by atoms with E-state index in [0.717, 1.165) is 17.0 Å². The number of carbonyl (C=O) groups excluding carboxylic acids is 2. The van der Waals surface area contributed by atoms with E-state index in [0.29, 0.717) is 22.8 Å². The smallest absolute Gasteiger partial charge is 0.331 e. The molecule has 2 amide bonds. The van der Waals surface area contributed by atoms with Crippen molar-refractivity contribution >= 4 is 40.4 Å². The van der Waals surface area contributed by atoms with Crippen LogP contribution in [0.3, 0.4) is 0 Å². The predicted molar refractivity (Wildman–Crippen MR) is 126 cm³/mol. The standard InChI is InChI=1S/C26H18ClFN4O3/c1-2-20-21(25(34)32(29-20)19-8-6-7-16(27)15-19)22-23(30-13-4-3-5-14-30)26(35)31(24(22)33)18-11-9-17(28)10-12-18/h3-15H,2H2,1H3. The Bertz CT molecular complexity index is 1500. The molecule has 2 aromatic heterocycles. The predicted octanol–water partition coefficient (Wildman–Crippen LogP) is 3.53. The first-order valence-corrected chi connectivity index (χ1v) is 11.2. The van der Waals surface area contributed by atoms with Crippen LogP contribution in [0.15, 0.2) is 79.1 Å². The summed E-state index contributed by atoms with van der Waals surface area (Å²) in [4.78, 5) is 28.3. The first-order chi connectivity index (χ1) is 16.9. The lowest BCUT2D eigenvalue weighted by Gasteiger charge is -2.15. The molecule has 5 rings (SSSR count). The summed E-state index contributed by atoms with van der Waals surface area (Å²) < 4.78 is 16.2. The van der Waals surface area contributed by atoms with E-state index in [1.54, 1.807) is 54.9 Å². The van der Waals surface area contributed by atoms with Crippen LogP contribution >= 0.6 is 11.6 Å². The van der Waals surface area contributed by atoms with Crippen molar-refractivity contribution in [2.75, 3.05) is 4.90 Å². The van der Waals surface area contributed by atoms with Crippen LogP contribution in [0.4, 0.5) is 10.1 Å². The number of carbonyl (C=O) groups is 2. The van der Waals surface area contributed by atoms with Crippen LogP contribution in [0.1, 0.15) is 18.2 Å². The number of pyridine rings is 1. The van der Waals surface area contributed by atoms with Gasteiger partial charge in [-0.3, -0.25) is 9.59 Å². The molecule has 0 spiro atoms. The van der Waals surface area contributed by atoms with Gasteiger partial charge in [-0.15, -0.1) is 0 Å². The minimum atomic E-state index is -0.689. The molecule has 0 radical (unpaired) electrons. The lowest BCUT2D eigenvalue weighted by molar-refractivity contribution is -0.576. The molecule has 1 aliphatic rings. The zero-order chi connectivity index (χ0) is 24.7. The van der Waals surface area contributed by atoms with Crippen molar-refractivity contribution in [2.45, 2.75) is 13.3 Å². The van der Waals surface area contributed by atoms with Gasteiger partial charge in [0.1, 0.15) is 11.4 Å². The summed E-state index contributed by atoms with van der Waals surface area (Å²) in [7, 11) is 0. The first kappa shape index (κ1) is 22.5. The van der Waals surface area contributed by atoms with Crippen molar-refractivity contribution in [1.82, 2.24) is 9.78 Å². The summed E-state index contributed by atoms with van der Waals surface area (Å²) in [6.45, 7) is 1.81. The second-order valence-electron chi connectivity index (χ2n) is 7.80. The average molecular weight is 489 g/mol. The number of imide groups is 1. The summed E-state index contributed by atoms with van der Waals surface area (Å²) in [5.74, 6) is -2.37. The van der Waals surface area contributed by atoms with Crippen LogP contribution in [0.5, 0.6) is 5.88 Å². The van der Waals surface area contributed by atoms with Crippen molar-refractivity contribution in [3.63, 3.8) is 0 Å². The van der Waals surface area contributed by atoms with Crippen molar-refractivity contribution in [2.24, 2.45) is 0 Å². The number of anilines is 1. The second-order valence-corrected chi connectivity index (χ2v) is 8.24. The van der Waals surface area contributed by atoms with Crippen molar-refractivity contribution in [3.8, 4) is 11.6 Å². The van der Waals surface area contributed by atoms with E-state index in [-0.39, 0.29) is 22.5 Å². The fourth-order valence-corrected chi connectivity index (χ4v) is 4.27. The molecule has 0 saturated heterocycles. The molecule has 0 atom stereocenters. The molecule has 35 heavy (non-hydrogen) atoms. The first-order valence-electron chi connectivity index (χ1n) is 10.8. The molecule has 0 bridgehead atoms. The molecule has 0 unspecified atom stereocenters. The van der Waals surface area contributed by atoms with Gasteiger partial charge in [-0.25, -0.2) is 14.0 Å². The third-order valence-electron chi connectivity index (χ3n) is 5.67. The molecule has 7 nitrogen and oxygen atoms in total. The van der Waals surface area contributed by atoms with Gasteiger partial charge in [-0.05, 0) is 54.8 Å². The van der Waals surface area contributed by atoms with Crippen molar-refractivity contribution in [1.29, 1.82) is 0 Å². The molecule has 3 heterocycles. The Kier molecular flexibility index (Phi) is 5.66. The Hall–Kier alpha value is -4.30. The highest BCUT2D eigenvalue weighted by Crippen LogP contribution is 2.39. The molecule has 9 heteroatoms. The molecular formula is C26H18ClFN4O3. The van der Waals surface area contributed by atoms with E-state index in [2.05, 4.69) is 5.10 Å². The molecule has 0 fully saturated rings. The quantitative estimate of drug-likeness (QED) is 0.318. The maximum Gasteiger partial charge on any atom is 0.331 e. The van der Waals surface area contributed by atoms with E-state index in [9.17, 15) is 19.1 Å². The minimum absolute atomic E-state index is 0.0115. The average Bonchev–Trinajstić information content (AvgIpc) is 3.32. The van der Waals surface area contributed by atoms with Gasteiger partial charge in [0.25, 0.3) is 11.6 Å². The van der Waals surface area contributed by atoms with Gasteiger partial charge in [0.2, 0.25) is 0 Å². The Labute approximate surface area is 204 Å². The zero-order valence-corrected chi connectivity index (χ0v) is 19.2. The highest BCUT2D eigenvalue weighted by molar-refractivity contribution is 6.53. The van der Waals surface area contributed by atoms with Crippen LogP contribution in [0, 0.1) is 5.82 Å². The lowest BCUT2D eigenvalue weighted by atomic mass is 10.0. The number of nitrogens with zero attached hydrogens (tertiary/aromatic N) is 4. The van der Waals surface area contributed by atoms with Gasteiger partial charge in [-0.2, -0.15) is 9.67 Å². The summed E-state index contributed by atoms with van der Waals surface area (Å²) >= 11 is 6.11. The molecule has 2 aromatic carbocycles. The topological polar surface area (TPSA) is 82.1 Å². The van der Waals surface area contributed by atoms with Crippen LogP contribution in [-0.4, -0.2) is 21.6 Å². The molecule has 0 saturated carbocycles. The van der Waals surface area contributed by atoms with E-state index < -0.39 is 23.5 Å². The number of halogens is 2. The molecule has 0 N–H and O–H groups in total. The summed E-state index contributed by atoms with van der Waals surface area (Å²) in [6, 6.07) is 16.8. The fraction of sp³-hybridized carbons (Fsp3) is 0.0769. The zero-order valence-electron chi connectivity index (χ0n) is 18.5. The maximum atomic E-state index is 13.7. The molecular weight excluding hydrogens is 471 g/mol. The Balaban J connectivity index is 1.76. The number of aryl methyl sites for hydroxylation is 1. The van der Waals surface area contributed by atoms with E-state index >= 15 is 0 Å². The Morgan fingerprint density at radius 3 is 2.34 bits per heavy atom. The van der Waals surface area contributed by atoms with Gasteiger partial charge < -0.3 is 5.11 Å². The van der Waals surface area contributed by atoms with Crippen molar-refractivity contribution < 1.29 is 23.7 Å². The third-order valence-corrected chi connectivity index (χ3v) is 5.91. The number of benzene rings is 2. The number of hydrogen-bond donors (Lipinski definition) is 0. The van der Waals surface area contributed by atoms with Crippen LogP contribution < -0.4 is 14.6 Å². The third kappa shape index (κ3) is 3.77. The van der Waals surface area contributed by atoms with Gasteiger partial charge in [-0.1, -0.05) is 30.7 Å². The van der Waals surface area contributed by atoms with Crippen LogP contribution in [0.2, 0.25) is 5.02 Å². The molecule has 0 aliphatic carbocycles. The number of aromatic nitrogens is 3. The molecule has 4 aromatic rings.